The van der Waals surface area contributed by atoms with Gasteiger partial charge in [-0.2, -0.15) is 4.57 Å². The van der Waals surface area contributed by atoms with Gasteiger partial charge < -0.3 is 21.9 Å². The van der Waals surface area contributed by atoms with Crippen molar-refractivity contribution in [3.63, 3.8) is 0 Å². The van der Waals surface area contributed by atoms with Gasteiger partial charge in [-0.25, -0.2) is 0 Å². The normalized spacial score (nSPS) is 11.2. The highest BCUT2D eigenvalue weighted by Crippen LogP contribution is 2.41. The second-order valence-electron chi connectivity index (χ2n) is 6.54. The summed E-state index contributed by atoms with van der Waals surface area (Å²) in [4.78, 5) is 0. The Morgan fingerprint density at radius 1 is 0.920 bits per heavy atom. The van der Waals surface area contributed by atoms with Crippen LogP contribution in [0.5, 0.6) is 11.5 Å². The lowest BCUT2D eigenvalue weighted by Crippen LogP contribution is -3.00. The van der Waals surface area contributed by atoms with E-state index >= 15 is 0 Å². The van der Waals surface area contributed by atoms with E-state index in [1.165, 1.54) is 0 Å². The molecule has 1 heterocycles. The van der Waals surface area contributed by atoms with Crippen LogP contribution in [-0.4, -0.2) is 12.2 Å². The molecule has 1 aromatic rings. The Bertz CT molecular complexity index is 862. The molecule has 1 aliphatic heterocycles. The molecule has 2 aliphatic rings. The summed E-state index contributed by atoms with van der Waals surface area (Å²) >= 11 is 6.66. The summed E-state index contributed by atoms with van der Waals surface area (Å²) in [5, 5.41) is 1.80. The van der Waals surface area contributed by atoms with Gasteiger partial charge in [0.25, 0.3) is 0 Å². The summed E-state index contributed by atoms with van der Waals surface area (Å²) in [6, 6.07) is 12.2. The Hall–Kier alpha value is -1.71. The maximum atomic E-state index is 6.66. The fourth-order valence-corrected chi connectivity index (χ4v) is 3.33. The van der Waals surface area contributed by atoms with Crippen molar-refractivity contribution in [1.82, 2.24) is 0 Å². The van der Waals surface area contributed by atoms with Crippen molar-refractivity contribution in [3.8, 4) is 22.8 Å². The van der Waals surface area contributed by atoms with Gasteiger partial charge in [-0.3, -0.25) is 0 Å². The van der Waals surface area contributed by atoms with E-state index in [0.717, 1.165) is 22.2 Å². The van der Waals surface area contributed by atoms with E-state index in [0.29, 0.717) is 16.5 Å². The van der Waals surface area contributed by atoms with Crippen molar-refractivity contribution in [3.05, 3.63) is 41.4 Å². The summed E-state index contributed by atoms with van der Waals surface area (Å²) in [6.07, 6.45) is 0.0866. The van der Waals surface area contributed by atoms with Gasteiger partial charge in [0.1, 0.15) is 12.1 Å². The van der Waals surface area contributed by atoms with E-state index < -0.39 is 0 Å². The van der Waals surface area contributed by atoms with Gasteiger partial charge in [0.2, 0.25) is 11.2 Å². The standard InChI is InChI=1S/C20H23ClNO2.ClH/c1-12(2)23-18-10-15-14-8-6-7-9-17(14)22(5)20(15)16(21)11-19(18)24-13(3)4;/h6-13H,1-5H3;1H/q+1;/p-1. The van der Waals surface area contributed by atoms with Gasteiger partial charge in [-0.1, -0.05) is 23.7 Å². The molecule has 1 aliphatic carbocycles. The van der Waals surface area contributed by atoms with Crippen molar-refractivity contribution in [2.75, 3.05) is 0 Å². The fourth-order valence-electron chi connectivity index (χ4n) is 3.01. The Labute approximate surface area is 160 Å². The van der Waals surface area contributed by atoms with Crippen LogP contribution in [0.25, 0.3) is 22.2 Å². The first-order valence-electron chi connectivity index (χ1n) is 8.25. The monoisotopic (exact) mass is 379 g/mol. The van der Waals surface area contributed by atoms with E-state index in [-0.39, 0.29) is 24.6 Å². The SMILES string of the molecule is CC(C)Oc1cc(Cl)c2[n+](C)c3ccccc3c-2cc1OC(C)C.[Cl-]. The molecule has 0 saturated carbocycles. The van der Waals surface area contributed by atoms with Gasteiger partial charge >= 0.3 is 0 Å². The topological polar surface area (TPSA) is 22.3 Å². The summed E-state index contributed by atoms with van der Waals surface area (Å²) < 4.78 is 14.1. The third-order valence-corrected chi connectivity index (χ3v) is 4.16. The third-order valence-electron chi connectivity index (χ3n) is 3.87. The van der Waals surface area contributed by atoms with Gasteiger partial charge in [0.15, 0.2) is 11.5 Å². The van der Waals surface area contributed by atoms with E-state index in [1.807, 2.05) is 59.0 Å². The van der Waals surface area contributed by atoms with Crippen molar-refractivity contribution >= 4 is 22.5 Å². The first-order valence-corrected chi connectivity index (χ1v) is 8.63. The Morgan fingerprint density at radius 2 is 1.48 bits per heavy atom. The third kappa shape index (κ3) is 3.78. The molecule has 0 spiro atoms. The van der Waals surface area contributed by atoms with E-state index in [1.54, 1.807) is 0 Å². The Morgan fingerprint density at radius 3 is 2.08 bits per heavy atom. The van der Waals surface area contributed by atoms with Crippen LogP contribution in [0, 0.1) is 0 Å². The summed E-state index contributed by atoms with van der Waals surface area (Å²) in [5.41, 5.74) is 3.18. The zero-order valence-electron chi connectivity index (χ0n) is 15.1. The maximum absolute atomic E-state index is 6.66. The minimum atomic E-state index is 0. The number of benzene rings is 1. The highest BCUT2D eigenvalue weighted by Gasteiger charge is 2.27. The largest absolute Gasteiger partial charge is 1.00 e. The summed E-state index contributed by atoms with van der Waals surface area (Å²) in [6.45, 7) is 8.01. The first kappa shape index (κ1) is 19.6. The predicted molar refractivity (Wildman–Crippen MR) is 98.3 cm³/mol. The average Bonchev–Trinajstić information content (AvgIpc) is 2.70. The van der Waals surface area contributed by atoms with Gasteiger partial charge in [-0.05, 0) is 39.8 Å². The lowest BCUT2D eigenvalue weighted by atomic mass is 10.1. The molecule has 0 N–H and O–H groups in total. The van der Waals surface area contributed by atoms with Gasteiger partial charge in [-0.15, -0.1) is 0 Å². The zero-order valence-corrected chi connectivity index (χ0v) is 16.7. The first-order chi connectivity index (χ1) is 11.4. The number of para-hydroxylation sites is 1. The van der Waals surface area contributed by atoms with Crippen molar-refractivity contribution in [2.45, 2.75) is 39.9 Å². The molecule has 1 aromatic carbocycles. The predicted octanol–water partition coefficient (Wildman–Crippen LogP) is 2.00. The van der Waals surface area contributed by atoms with Crippen LogP contribution in [0.1, 0.15) is 27.7 Å². The van der Waals surface area contributed by atoms with Crippen LogP contribution < -0.4 is 26.4 Å². The molecule has 3 rings (SSSR count). The van der Waals surface area contributed by atoms with Crippen LogP contribution in [0.2, 0.25) is 5.02 Å². The van der Waals surface area contributed by atoms with E-state index in [9.17, 15) is 0 Å². The molecular weight excluding hydrogens is 357 g/mol. The molecule has 0 unspecified atom stereocenters. The van der Waals surface area contributed by atoms with Crippen molar-refractivity contribution in [2.24, 2.45) is 7.05 Å². The summed E-state index contributed by atoms with van der Waals surface area (Å²) in [5.74, 6) is 1.39. The van der Waals surface area contributed by atoms with Crippen LogP contribution in [0.4, 0.5) is 0 Å². The molecular formula is C20H23Cl2NO2. The number of aryl methyl sites for hydroxylation is 1. The highest BCUT2D eigenvalue weighted by molar-refractivity contribution is 6.33. The molecule has 0 fully saturated rings. The number of aromatic nitrogens is 1. The molecule has 5 heteroatoms. The van der Waals surface area contributed by atoms with E-state index in [4.69, 9.17) is 21.1 Å². The number of hydrogen-bond acceptors (Lipinski definition) is 2. The van der Waals surface area contributed by atoms with Gasteiger partial charge in [0.05, 0.1) is 23.2 Å². The van der Waals surface area contributed by atoms with Gasteiger partial charge in [0, 0.05) is 12.1 Å². The molecule has 134 valence electrons. The van der Waals surface area contributed by atoms with Crippen LogP contribution >= 0.6 is 11.6 Å². The van der Waals surface area contributed by atoms with Crippen molar-refractivity contribution < 1.29 is 26.4 Å². The molecule has 0 atom stereocenters. The average molecular weight is 380 g/mol. The number of ether oxygens (including phenoxy) is 2. The van der Waals surface area contributed by atoms with Crippen LogP contribution in [0.3, 0.4) is 0 Å². The lowest BCUT2D eigenvalue weighted by Gasteiger charge is -2.15. The van der Waals surface area contributed by atoms with Crippen molar-refractivity contribution in [1.29, 1.82) is 0 Å². The number of fused-ring (bicyclic) bond motifs is 3. The number of hydrogen-bond donors (Lipinski definition) is 0. The minimum Gasteiger partial charge on any atom is -1.00 e. The zero-order chi connectivity index (χ0) is 17.4. The number of rotatable bonds is 4. The number of nitrogens with zero attached hydrogens (tertiary/aromatic N) is 1. The molecule has 0 radical (unpaired) electrons. The quantitative estimate of drug-likeness (QED) is 0.646. The second-order valence-corrected chi connectivity index (χ2v) is 6.94. The Balaban J connectivity index is 0.00000225. The van der Waals surface area contributed by atoms with Crippen LogP contribution in [0.15, 0.2) is 36.4 Å². The minimum absolute atomic E-state index is 0. The Kier molecular flexibility index (Phi) is 6.02. The number of halogens is 2. The highest BCUT2D eigenvalue weighted by atomic mass is 35.5. The fraction of sp³-hybridized carbons (Fsp3) is 0.350. The maximum Gasteiger partial charge on any atom is 0.232 e. The smallest absolute Gasteiger partial charge is 0.232 e. The molecule has 0 bridgehead atoms. The molecule has 0 aromatic heterocycles. The second kappa shape index (κ2) is 7.67. The summed E-state index contributed by atoms with van der Waals surface area (Å²) in [7, 11) is 2.03. The molecule has 0 amide bonds. The van der Waals surface area contributed by atoms with Crippen LogP contribution in [-0.2, 0) is 7.05 Å². The van der Waals surface area contributed by atoms with E-state index in [2.05, 4.69) is 16.7 Å². The lowest BCUT2D eigenvalue weighted by molar-refractivity contribution is -0.631. The molecule has 3 nitrogen and oxygen atoms in total. The molecule has 25 heavy (non-hydrogen) atoms. The molecule has 0 saturated heterocycles.